The Hall–Kier alpha value is -7.76. The van der Waals surface area contributed by atoms with Crippen molar-refractivity contribution >= 4 is 74.3 Å². The van der Waals surface area contributed by atoms with Crippen LogP contribution in [0.25, 0.3) is 11.1 Å². The van der Waals surface area contributed by atoms with Gasteiger partial charge in [-0.1, -0.05) is 236 Å². The molecule has 0 unspecified atom stereocenters. The molecule has 0 atom stereocenters. The van der Waals surface area contributed by atoms with Gasteiger partial charge in [0.2, 0.25) is 0 Å². The molecule has 0 aromatic heterocycles. The minimum atomic E-state index is -0.339. The molecule has 2 aliphatic heterocycles. The first-order valence-corrected chi connectivity index (χ1v) is 31.4. The molecular formula is C81H90BN3O. The fourth-order valence-corrected chi connectivity index (χ4v) is 13.6. The number of anilines is 9. The number of ether oxygens (including phenoxy) is 1. The van der Waals surface area contributed by atoms with Crippen LogP contribution in [0.5, 0.6) is 11.5 Å². The highest BCUT2D eigenvalue weighted by Crippen LogP contribution is 2.58. The predicted octanol–water partition coefficient (Wildman–Crippen LogP) is 21.1. The van der Waals surface area contributed by atoms with Crippen LogP contribution in [0.3, 0.4) is 0 Å². The lowest BCUT2D eigenvalue weighted by Gasteiger charge is -2.42. The number of fused-ring (bicyclic) bond motifs is 7. The van der Waals surface area contributed by atoms with Gasteiger partial charge in [-0.05, 0) is 183 Å². The van der Waals surface area contributed by atoms with Crippen LogP contribution < -0.4 is 35.8 Å². The Kier molecular flexibility index (Phi) is 13.7. The summed E-state index contributed by atoms with van der Waals surface area (Å²) in [7, 11) is 0. The summed E-state index contributed by atoms with van der Waals surface area (Å²) in [5.74, 6) is 1.77. The van der Waals surface area contributed by atoms with Crippen LogP contribution in [0.1, 0.15) is 183 Å². The summed E-state index contributed by atoms with van der Waals surface area (Å²) in [5, 5.41) is 0. The second kappa shape index (κ2) is 20.2. The highest BCUT2D eigenvalue weighted by Gasteiger charge is 2.46. The Morgan fingerprint density at radius 3 is 1.24 bits per heavy atom. The monoisotopic (exact) mass is 1130 g/mol. The summed E-state index contributed by atoms with van der Waals surface area (Å²) >= 11 is 0. The van der Waals surface area contributed by atoms with Gasteiger partial charge in [0.05, 0.1) is 11.4 Å². The quantitative estimate of drug-likeness (QED) is 0.148. The van der Waals surface area contributed by atoms with Crippen LogP contribution in [0.2, 0.25) is 0 Å². The van der Waals surface area contributed by atoms with Gasteiger partial charge < -0.3 is 19.4 Å². The van der Waals surface area contributed by atoms with Crippen LogP contribution in [0.4, 0.5) is 51.2 Å². The molecule has 0 saturated heterocycles. The van der Waals surface area contributed by atoms with E-state index in [2.05, 4.69) is 335 Å². The summed E-state index contributed by atoms with van der Waals surface area (Å²) in [6.07, 6.45) is 0. The smallest absolute Gasteiger partial charge is 0.256 e. The Morgan fingerprint density at radius 2 is 0.779 bits per heavy atom. The van der Waals surface area contributed by atoms with Gasteiger partial charge in [-0.25, -0.2) is 0 Å². The molecule has 0 spiro atoms. The van der Waals surface area contributed by atoms with E-state index in [1.165, 1.54) is 72.0 Å². The van der Waals surface area contributed by atoms with Crippen molar-refractivity contribution in [2.24, 2.45) is 0 Å². The van der Waals surface area contributed by atoms with Crippen molar-refractivity contribution in [2.45, 2.75) is 176 Å². The van der Waals surface area contributed by atoms with Crippen LogP contribution in [0, 0.1) is 0 Å². The van der Waals surface area contributed by atoms with Crippen LogP contribution in [0.15, 0.2) is 182 Å². The van der Waals surface area contributed by atoms with Gasteiger partial charge in [-0.2, -0.15) is 0 Å². The lowest BCUT2D eigenvalue weighted by molar-refractivity contribution is 0.486. The molecule has 0 N–H and O–H groups in total. The zero-order valence-corrected chi connectivity index (χ0v) is 55.1. The highest BCUT2D eigenvalue weighted by atomic mass is 16.5. The molecule has 9 aromatic carbocycles. The lowest BCUT2D eigenvalue weighted by Crippen LogP contribution is -2.60. The third-order valence-electron chi connectivity index (χ3n) is 18.8. The number of benzene rings is 9. The van der Waals surface area contributed by atoms with Crippen molar-refractivity contribution in [3.05, 3.63) is 226 Å². The molecule has 4 nitrogen and oxygen atoms in total. The van der Waals surface area contributed by atoms with Gasteiger partial charge >= 0.3 is 0 Å². The first-order valence-electron chi connectivity index (χ1n) is 31.4. The first kappa shape index (κ1) is 58.6. The van der Waals surface area contributed by atoms with E-state index in [9.17, 15) is 0 Å². The zero-order valence-electron chi connectivity index (χ0n) is 55.1. The first-order chi connectivity index (χ1) is 40.2. The third-order valence-corrected chi connectivity index (χ3v) is 18.8. The van der Waals surface area contributed by atoms with Gasteiger partial charge in [0.15, 0.2) is 0 Å². The third kappa shape index (κ3) is 10.2. The largest absolute Gasteiger partial charge is 0.458 e. The maximum absolute atomic E-state index is 7.51. The number of rotatable bonds is 7. The van der Waals surface area contributed by atoms with Gasteiger partial charge in [-0.15, -0.1) is 0 Å². The SMILES string of the molecule is CC(C)(C)c1ccc(N(c2ccc(C(C)(C)C)cc2)c2cc3c4c(c2)N(c2cc5c(c(N(c6ccc(C(C)(C)C)cc6)c6ccc(C(C)(C)C)cc6)c2)C(C)(C)c2ccccc2-5)c2ccc(C(C)(C)C)cc2B4c2cc(C(C)(C)C)ccc2O3)cc1. The molecule has 12 rings (SSSR count). The summed E-state index contributed by atoms with van der Waals surface area (Å²) in [4.78, 5) is 7.60. The topological polar surface area (TPSA) is 19.0 Å². The second-order valence-corrected chi connectivity index (χ2v) is 31.7. The van der Waals surface area contributed by atoms with Crippen LogP contribution in [-0.2, 0) is 37.9 Å². The number of nitrogens with zero attached hydrogens (tertiary/aromatic N) is 3. The van der Waals surface area contributed by atoms with Gasteiger partial charge in [0.25, 0.3) is 6.71 Å². The molecule has 1 aliphatic carbocycles. The fourth-order valence-electron chi connectivity index (χ4n) is 13.6. The predicted molar refractivity (Wildman–Crippen MR) is 371 cm³/mol. The van der Waals surface area contributed by atoms with Crippen molar-refractivity contribution in [1.82, 2.24) is 0 Å². The summed E-state index contributed by atoms with van der Waals surface area (Å²) in [5.41, 5.74) is 25.9. The molecule has 0 fully saturated rings. The molecule has 3 aliphatic rings. The van der Waals surface area contributed by atoms with E-state index in [0.717, 1.165) is 62.7 Å². The Morgan fingerprint density at radius 1 is 0.360 bits per heavy atom. The standard InChI is InChI=1S/C81H90BN3O/c1-75(2,3)51-25-35-57(36-26-51)83(58-37-27-52(28-38-58)76(4,5)6)62-49-70-74-72(50-62)86-71-44-34-56(80(16,17)18)46-67(71)82(74)66-45-55(79(13,14)15)33-43-68(66)85(70)61-47-64-63-23-21-22-24-65(63)81(19,20)73(64)69(48-61)84(59-39-29-53(30-40-59)77(7,8)9)60-41-31-54(32-42-60)78(10,11)12/h21-50H,1-20H3. The van der Waals surface area contributed by atoms with Crippen molar-refractivity contribution in [1.29, 1.82) is 0 Å². The van der Waals surface area contributed by atoms with E-state index in [4.69, 9.17) is 4.74 Å². The van der Waals surface area contributed by atoms with E-state index in [-0.39, 0.29) is 44.6 Å². The lowest BCUT2D eigenvalue weighted by atomic mass is 9.33. The van der Waals surface area contributed by atoms with Crippen molar-refractivity contribution < 1.29 is 4.74 Å². The molecule has 2 heterocycles. The minimum absolute atomic E-state index is 0.0106. The molecule has 0 radical (unpaired) electrons. The maximum atomic E-state index is 7.51. The van der Waals surface area contributed by atoms with E-state index >= 15 is 0 Å². The van der Waals surface area contributed by atoms with Crippen molar-refractivity contribution in [2.75, 3.05) is 14.7 Å². The van der Waals surface area contributed by atoms with Crippen LogP contribution in [-0.4, -0.2) is 6.71 Å². The van der Waals surface area contributed by atoms with E-state index < -0.39 is 0 Å². The van der Waals surface area contributed by atoms with Gasteiger partial charge in [0.1, 0.15) is 11.5 Å². The molecule has 9 aromatic rings. The second-order valence-electron chi connectivity index (χ2n) is 31.7. The van der Waals surface area contributed by atoms with Crippen molar-refractivity contribution in [3.63, 3.8) is 0 Å². The summed E-state index contributed by atoms with van der Waals surface area (Å²) in [6.45, 7) is 46.3. The average Bonchev–Trinajstić information content (AvgIpc) is 1.05. The van der Waals surface area contributed by atoms with Gasteiger partial charge in [-0.3, -0.25) is 0 Å². The molecule has 0 bridgehead atoms. The Balaban J connectivity index is 1.20. The summed E-state index contributed by atoms with van der Waals surface area (Å²) in [6, 6.07) is 70.5. The Bertz CT molecular complexity index is 3970. The van der Waals surface area contributed by atoms with Gasteiger partial charge in [0, 0.05) is 51.3 Å². The normalized spacial score (nSPS) is 14.4. The summed E-state index contributed by atoms with van der Waals surface area (Å²) < 4.78 is 7.51. The number of hydrogen-bond donors (Lipinski definition) is 0. The molecule has 438 valence electrons. The molecule has 0 saturated carbocycles. The van der Waals surface area contributed by atoms with Crippen LogP contribution >= 0.6 is 0 Å². The van der Waals surface area contributed by atoms with Crippen molar-refractivity contribution in [3.8, 4) is 22.6 Å². The van der Waals surface area contributed by atoms with E-state index in [0.29, 0.717) is 0 Å². The molecular weight excluding hydrogens is 1040 g/mol. The molecule has 5 heteroatoms. The fraction of sp³-hybridized carbons (Fsp3) is 0.333. The highest BCUT2D eigenvalue weighted by molar-refractivity contribution is 6.99. The number of hydrogen-bond acceptors (Lipinski definition) is 4. The zero-order chi connectivity index (χ0) is 61.6. The average molecular weight is 1130 g/mol. The van der Waals surface area contributed by atoms with E-state index in [1.807, 2.05) is 0 Å². The molecule has 0 amide bonds. The minimum Gasteiger partial charge on any atom is -0.458 e. The van der Waals surface area contributed by atoms with E-state index in [1.54, 1.807) is 0 Å². The Labute approximate surface area is 516 Å². The maximum Gasteiger partial charge on any atom is 0.256 e. The molecule has 86 heavy (non-hydrogen) atoms.